The Balaban J connectivity index is 1.51. The smallest absolute Gasteiger partial charge is 0.226 e. The second-order valence-electron chi connectivity index (χ2n) is 7.85. The lowest BCUT2D eigenvalue weighted by molar-refractivity contribution is -0.137. The van der Waals surface area contributed by atoms with Gasteiger partial charge in [-0.15, -0.1) is 0 Å². The zero-order valence-electron chi connectivity index (χ0n) is 15.0. The van der Waals surface area contributed by atoms with Crippen LogP contribution >= 0.6 is 0 Å². The molecule has 5 heteroatoms. The molecule has 0 aromatic carbocycles. The van der Waals surface area contributed by atoms with E-state index in [1.165, 1.54) is 0 Å². The summed E-state index contributed by atoms with van der Waals surface area (Å²) >= 11 is 0. The van der Waals surface area contributed by atoms with Crippen molar-refractivity contribution in [3.63, 3.8) is 0 Å². The number of amides is 1. The van der Waals surface area contributed by atoms with Crippen molar-refractivity contribution in [3.05, 3.63) is 30.1 Å². The number of hydrogen-bond acceptors (Lipinski definition) is 4. The monoisotopic (exact) mass is 343 g/mol. The number of carbonyl (C=O) groups excluding carboxylic acids is 1. The van der Waals surface area contributed by atoms with Crippen molar-refractivity contribution in [2.24, 2.45) is 11.3 Å². The minimum atomic E-state index is 0.205. The molecule has 1 N–H and O–H groups in total. The lowest BCUT2D eigenvalue weighted by atomic mass is 9.93. The summed E-state index contributed by atoms with van der Waals surface area (Å²) in [6, 6.07) is 6.31. The second-order valence-corrected chi connectivity index (χ2v) is 7.85. The van der Waals surface area contributed by atoms with Crippen LogP contribution in [-0.4, -0.2) is 48.1 Å². The van der Waals surface area contributed by atoms with Crippen LogP contribution in [0, 0.1) is 11.3 Å². The molecule has 3 heterocycles. The van der Waals surface area contributed by atoms with E-state index in [9.17, 15) is 4.79 Å². The van der Waals surface area contributed by atoms with Crippen LogP contribution in [0.1, 0.15) is 44.2 Å². The molecule has 3 aliphatic rings. The molecule has 1 aromatic heterocycles. The van der Waals surface area contributed by atoms with E-state index in [-0.39, 0.29) is 11.3 Å². The molecule has 5 nitrogen and oxygen atoms in total. The highest BCUT2D eigenvalue weighted by molar-refractivity contribution is 5.83. The van der Waals surface area contributed by atoms with Gasteiger partial charge in [-0.25, -0.2) is 0 Å². The summed E-state index contributed by atoms with van der Waals surface area (Å²) in [5, 5.41) is 3.47. The maximum absolute atomic E-state index is 13.4. The van der Waals surface area contributed by atoms with Gasteiger partial charge in [0.2, 0.25) is 5.91 Å². The molecular weight excluding hydrogens is 314 g/mol. The molecule has 0 bridgehead atoms. The molecule has 25 heavy (non-hydrogen) atoms. The predicted molar refractivity (Wildman–Crippen MR) is 95.9 cm³/mol. The molecule has 0 radical (unpaired) electrons. The van der Waals surface area contributed by atoms with Crippen LogP contribution in [0.4, 0.5) is 0 Å². The predicted octanol–water partition coefficient (Wildman–Crippen LogP) is 2.37. The Labute approximate surface area is 150 Å². The van der Waals surface area contributed by atoms with E-state index in [2.05, 4.69) is 15.2 Å². The summed E-state index contributed by atoms with van der Waals surface area (Å²) in [7, 11) is 0. The van der Waals surface area contributed by atoms with Crippen LogP contribution in [0.5, 0.6) is 0 Å². The Bertz CT molecular complexity index is 578. The lowest BCUT2D eigenvalue weighted by Crippen LogP contribution is -2.42. The summed E-state index contributed by atoms with van der Waals surface area (Å²) in [5.41, 5.74) is 1.23. The first-order valence-electron chi connectivity index (χ1n) is 9.77. The van der Waals surface area contributed by atoms with Crippen LogP contribution in [-0.2, 0) is 16.1 Å². The van der Waals surface area contributed by atoms with Crippen molar-refractivity contribution in [3.8, 4) is 0 Å². The van der Waals surface area contributed by atoms with Gasteiger partial charge in [0.25, 0.3) is 0 Å². The van der Waals surface area contributed by atoms with Crippen molar-refractivity contribution in [1.82, 2.24) is 15.2 Å². The number of aromatic nitrogens is 1. The van der Waals surface area contributed by atoms with Crippen LogP contribution in [0.3, 0.4) is 0 Å². The Kier molecular flexibility index (Phi) is 5.04. The number of hydrogen-bond donors (Lipinski definition) is 1. The summed E-state index contributed by atoms with van der Waals surface area (Å²) in [5.74, 6) is 0.566. The summed E-state index contributed by atoms with van der Waals surface area (Å²) in [6.07, 6.45) is 8.25. The average Bonchev–Trinajstić information content (AvgIpc) is 3.40. The second kappa shape index (κ2) is 7.42. The van der Waals surface area contributed by atoms with Gasteiger partial charge in [-0.2, -0.15) is 0 Å². The SMILES string of the molecule is O=C([C@H]1CC12CCOCC2)N(Cc1ccccn1)[C@@H]1CCCNCC1. The summed E-state index contributed by atoms with van der Waals surface area (Å²) in [4.78, 5) is 20.1. The van der Waals surface area contributed by atoms with Gasteiger partial charge in [0, 0.05) is 31.4 Å². The number of carbonyl (C=O) groups is 1. The van der Waals surface area contributed by atoms with E-state index in [1.54, 1.807) is 0 Å². The number of nitrogens with one attached hydrogen (secondary N) is 1. The van der Waals surface area contributed by atoms with Crippen molar-refractivity contribution in [2.75, 3.05) is 26.3 Å². The molecule has 0 unspecified atom stereocenters. The summed E-state index contributed by atoms with van der Waals surface area (Å²) in [6.45, 7) is 4.34. The van der Waals surface area contributed by atoms with E-state index in [1.807, 2.05) is 24.4 Å². The van der Waals surface area contributed by atoms with Gasteiger partial charge < -0.3 is 15.0 Å². The summed E-state index contributed by atoms with van der Waals surface area (Å²) < 4.78 is 5.52. The van der Waals surface area contributed by atoms with Crippen molar-refractivity contribution < 1.29 is 9.53 Å². The standard InChI is InChI=1S/C20H29N3O2/c24-19(18-14-20(18)7-12-25-13-8-20)23(15-16-4-1-2-10-22-16)17-5-3-9-21-11-6-17/h1-2,4,10,17-18,21H,3,5-9,11-15H2/t17-,18-/m1/s1. The highest BCUT2D eigenvalue weighted by Crippen LogP contribution is 2.60. The number of nitrogens with zero attached hydrogens (tertiary/aromatic N) is 2. The van der Waals surface area contributed by atoms with Gasteiger partial charge in [0.15, 0.2) is 0 Å². The van der Waals surface area contributed by atoms with Crippen molar-refractivity contribution in [1.29, 1.82) is 0 Å². The minimum Gasteiger partial charge on any atom is -0.381 e. The van der Waals surface area contributed by atoms with Gasteiger partial charge >= 0.3 is 0 Å². The van der Waals surface area contributed by atoms with E-state index in [4.69, 9.17) is 4.74 Å². The Morgan fingerprint density at radius 2 is 2.16 bits per heavy atom. The Morgan fingerprint density at radius 1 is 1.28 bits per heavy atom. The maximum atomic E-state index is 13.4. The zero-order chi connectivity index (χ0) is 17.1. The highest BCUT2D eigenvalue weighted by Gasteiger charge is 2.59. The van der Waals surface area contributed by atoms with Gasteiger partial charge in [-0.1, -0.05) is 6.07 Å². The molecule has 1 saturated carbocycles. The van der Waals surface area contributed by atoms with Crippen molar-refractivity contribution in [2.45, 2.75) is 51.1 Å². The first kappa shape index (κ1) is 17.0. The zero-order valence-corrected chi connectivity index (χ0v) is 15.0. The molecule has 1 aliphatic carbocycles. The third-order valence-corrected chi connectivity index (χ3v) is 6.30. The van der Waals surface area contributed by atoms with E-state index >= 15 is 0 Å². The normalized spacial score (nSPS) is 28.3. The van der Waals surface area contributed by atoms with Crippen LogP contribution < -0.4 is 5.32 Å². The number of pyridine rings is 1. The molecule has 3 fully saturated rings. The van der Waals surface area contributed by atoms with Gasteiger partial charge in [0.1, 0.15) is 0 Å². The average molecular weight is 343 g/mol. The van der Waals surface area contributed by atoms with Crippen LogP contribution in [0.15, 0.2) is 24.4 Å². The first-order valence-corrected chi connectivity index (χ1v) is 9.77. The minimum absolute atomic E-state index is 0.205. The molecule has 1 spiro atoms. The van der Waals surface area contributed by atoms with E-state index in [0.717, 1.165) is 70.5 Å². The Morgan fingerprint density at radius 3 is 2.96 bits per heavy atom. The lowest BCUT2D eigenvalue weighted by Gasteiger charge is -2.32. The number of ether oxygens (including phenoxy) is 1. The fraction of sp³-hybridized carbons (Fsp3) is 0.700. The topological polar surface area (TPSA) is 54.5 Å². The number of rotatable bonds is 4. The first-order chi connectivity index (χ1) is 12.3. The van der Waals surface area contributed by atoms with Crippen LogP contribution in [0.25, 0.3) is 0 Å². The molecular formula is C20H29N3O2. The molecule has 2 atom stereocenters. The van der Waals surface area contributed by atoms with Gasteiger partial charge in [-0.3, -0.25) is 9.78 Å². The van der Waals surface area contributed by atoms with Gasteiger partial charge in [0.05, 0.1) is 12.2 Å². The largest absolute Gasteiger partial charge is 0.381 e. The fourth-order valence-corrected chi connectivity index (χ4v) is 4.59. The molecule has 1 aromatic rings. The third kappa shape index (κ3) is 3.72. The van der Waals surface area contributed by atoms with E-state index < -0.39 is 0 Å². The molecule has 4 rings (SSSR count). The third-order valence-electron chi connectivity index (χ3n) is 6.30. The van der Waals surface area contributed by atoms with Gasteiger partial charge in [-0.05, 0) is 69.2 Å². The maximum Gasteiger partial charge on any atom is 0.226 e. The van der Waals surface area contributed by atoms with Crippen LogP contribution in [0.2, 0.25) is 0 Å². The molecule has 2 aliphatic heterocycles. The van der Waals surface area contributed by atoms with Crippen molar-refractivity contribution >= 4 is 5.91 Å². The fourth-order valence-electron chi connectivity index (χ4n) is 4.59. The molecule has 1 amide bonds. The molecule has 2 saturated heterocycles. The highest BCUT2D eigenvalue weighted by atomic mass is 16.5. The van der Waals surface area contributed by atoms with E-state index in [0.29, 0.717) is 18.5 Å². The molecule has 136 valence electrons. The quantitative estimate of drug-likeness (QED) is 0.912. The Hall–Kier alpha value is -1.46.